The minimum atomic E-state index is -0.117. The summed E-state index contributed by atoms with van der Waals surface area (Å²) in [4.78, 5) is 0. The lowest BCUT2D eigenvalue weighted by atomic mass is 10.2. The van der Waals surface area contributed by atoms with Gasteiger partial charge in [0.1, 0.15) is 11.4 Å². The summed E-state index contributed by atoms with van der Waals surface area (Å²) in [7, 11) is 0. The molecule has 96 valence electrons. The predicted molar refractivity (Wildman–Crippen MR) is 67.0 cm³/mol. The Bertz CT molecular complexity index is 660. The molecule has 2 aromatic heterocycles. The molecule has 0 spiro atoms. The number of aliphatic hydroxyl groups excluding tert-OH is 1. The van der Waals surface area contributed by atoms with Gasteiger partial charge < -0.3 is 9.63 Å². The van der Waals surface area contributed by atoms with Crippen LogP contribution in [-0.2, 0) is 13.2 Å². The SMILES string of the molecule is OCc1cn(Cc2cc(-c3ccccc3)on2)nn1. The Hall–Kier alpha value is -2.47. The number of aliphatic hydroxyl groups is 1. The predicted octanol–water partition coefficient (Wildman–Crippen LogP) is 1.47. The molecule has 0 aliphatic rings. The molecule has 6 heteroatoms. The number of nitrogens with zero attached hydrogens (tertiary/aromatic N) is 4. The van der Waals surface area contributed by atoms with Gasteiger partial charge in [0.05, 0.1) is 19.3 Å². The molecule has 0 amide bonds. The molecule has 1 N–H and O–H groups in total. The van der Waals surface area contributed by atoms with Crippen LogP contribution in [0.2, 0.25) is 0 Å². The van der Waals surface area contributed by atoms with Gasteiger partial charge in [0, 0.05) is 11.6 Å². The summed E-state index contributed by atoms with van der Waals surface area (Å²) in [6.07, 6.45) is 1.68. The van der Waals surface area contributed by atoms with Gasteiger partial charge >= 0.3 is 0 Å². The molecular weight excluding hydrogens is 244 g/mol. The van der Waals surface area contributed by atoms with E-state index in [1.165, 1.54) is 0 Å². The van der Waals surface area contributed by atoms with Gasteiger partial charge in [-0.25, -0.2) is 4.68 Å². The Morgan fingerprint density at radius 2 is 2.00 bits per heavy atom. The first-order chi connectivity index (χ1) is 9.35. The maximum absolute atomic E-state index is 8.92. The first-order valence-corrected chi connectivity index (χ1v) is 5.86. The first kappa shape index (κ1) is 11.6. The smallest absolute Gasteiger partial charge is 0.167 e. The number of hydrogen-bond donors (Lipinski definition) is 1. The molecule has 0 aliphatic heterocycles. The zero-order valence-electron chi connectivity index (χ0n) is 10.1. The number of benzene rings is 1. The van der Waals surface area contributed by atoms with E-state index in [9.17, 15) is 0 Å². The van der Waals surface area contributed by atoms with Crippen molar-refractivity contribution < 1.29 is 9.63 Å². The molecule has 0 atom stereocenters. The van der Waals surface area contributed by atoms with Crippen molar-refractivity contribution in [2.45, 2.75) is 13.2 Å². The molecular formula is C13H12N4O2. The highest BCUT2D eigenvalue weighted by Crippen LogP contribution is 2.19. The van der Waals surface area contributed by atoms with Gasteiger partial charge in [0.25, 0.3) is 0 Å². The lowest BCUT2D eigenvalue weighted by Crippen LogP contribution is -2.00. The molecule has 0 fully saturated rings. The van der Waals surface area contributed by atoms with Crippen LogP contribution in [0.5, 0.6) is 0 Å². The zero-order valence-corrected chi connectivity index (χ0v) is 10.1. The van der Waals surface area contributed by atoms with Crippen molar-refractivity contribution >= 4 is 0 Å². The summed E-state index contributed by atoms with van der Waals surface area (Å²) in [6.45, 7) is 0.345. The van der Waals surface area contributed by atoms with E-state index in [1.54, 1.807) is 10.9 Å². The van der Waals surface area contributed by atoms with Crippen molar-refractivity contribution in [1.29, 1.82) is 0 Å². The topological polar surface area (TPSA) is 77.0 Å². The second-order valence-electron chi connectivity index (χ2n) is 4.11. The molecule has 0 aliphatic carbocycles. The fourth-order valence-corrected chi connectivity index (χ4v) is 1.78. The summed E-state index contributed by atoms with van der Waals surface area (Å²) < 4.78 is 6.90. The minimum absolute atomic E-state index is 0.117. The fourth-order valence-electron chi connectivity index (χ4n) is 1.78. The van der Waals surface area contributed by atoms with E-state index in [0.717, 1.165) is 17.0 Å². The van der Waals surface area contributed by atoms with Gasteiger partial charge in [-0.05, 0) is 0 Å². The Balaban J connectivity index is 1.78. The van der Waals surface area contributed by atoms with Crippen molar-refractivity contribution in [2.75, 3.05) is 0 Å². The van der Waals surface area contributed by atoms with Gasteiger partial charge in [-0.3, -0.25) is 0 Å². The molecule has 19 heavy (non-hydrogen) atoms. The third-order valence-electron chi connectivity index (χ3n) is 2.69. The summed E-state index contributed by atoms with van der Waals surface area (Å²) >= 11 is 0. The second kappa shape index (κ2) is 5.03. The zero-order chi connectivity index (χ0) is 13.1. The molecule has 2 heterocycles. The third-order valence-corrected chi connectivity index (χ3v) is 2.69. The normalized spacial score (nSPS) is 10.8. The minimum Gasteiger partial charge on any atom is -0.390 e. The molecule has 0 bridgehead atoms. The highest BCUT2D eigenvalue weighted by atomic mass is 16.5. The van der Waals surface area contributed by atoms with Crippen LogP contribution in [0.25, 0.3) is 11.3 Å². The van der Waals surface area contributed by atoms with Crippen molar-refractivity contribution in [1.82, 2.24) is 20.2 Å². The summed E-state index contributed by atoms with van der Waals surface area (Å²) in [5.74, 6) is 0.720. The van der Waals surface area contributed by atoms with Crippen LogP contribution in [0, 0.1) is 0 Å². The van der Waals surface area contributed by atoms with E-state index in [2.05, 4.69) is 15.5 Å². The van der Waals surface area contributed by atoms with Gasteiger partial charge in [0.2, 0.25) is 0 Å². The van der Waals surface area contributed by atoms with E-state index in [0.29, 0.717) is 12.2 Å². The van der Waals surface area contributed by atoms with Gasteiger partial charge in [-0.15, -0.1) is 5.10 Å². The van der Waals surface area contributed by atoms with E-state index >= 15 is 0 Å². The summed E-state index contributed by atoms with van der Waals surface area (Å²) in [5, 5.41) is 20.6. The van der Waals surface area contributed by atoms with Crippen molar-refractivity contribution in [3.63, 3.8) is 0 Å². The maximum atomic E-state index is 8.92. The molecule has 6 nitrogen and oxygen atoms in total. The Morgan fingerprint density at radius 1 is 1.16 bits per heavy atom. The number of hydrogen-bond acceptors (Lipinski definition) is 5. The second-order valence-corrected chi connectivity index (χ2v) is 4.11. The van der Waals surface area contributed by atoms with Crippen LogP contribution in [0.15, 0.2) is 47.1 Å². The lowest BCUT2D eigenvalue weighted by Gasteiger charge is -1.93. The Labute approximate surface area is 109 Å². The van der Waals surface area contributed by atoms with Crippen LogP contribution in [-0.4, -0.2) is 25.3 Å². The molecule has 1 aromatic carbocycles. The quantitative estimate of drug-likeness (QED) is 0.765. The highest BCUT2D eigenvalue weighted by Gasteiger charge is 2.08. The maximum Gasteiger partial charge on any atom is 0.167 e. The molecule has 0 unspecified atom stereocenters. The van der Waals surface area contributed by atoms with Crippen molar-refractivity contribution in [3.8, 4) is 11.3 Å². The fraction of sp³-hybridized carbons (Fsp3) is 0.154. The Morgan fingerprint density at radius 3 is 2.74 bits per heavy atom. The lowest BCUT2D eigenvalue weighted by molar-refractivity contribution is 0.276. The largest absolute Gasteiger partial charge is 0.390 e. The number of rotatable bonds is 4. The van der Waals surface area contributed by atoms with E-state index in [-0.39, 0.29) is 6.61 Å². The molecule has 0 saturated heterocycles. The standard InChI is InChI=1S/C13H12N4O2/c18-9-12-8-17(16-14-12)7-11-6-13(19-15-11)10-4-2-1-3-5-10/h1-6,8,18H,7,9H2. The summed E-state index contributed by atoms with van der Waals surface area (Å²) in [6, 6.07) is 11.6. The van der Waals surface area contributed by atoms with E-state index < -0.39 is 0 Å². The molecule has 0 radical (unpaired) electrons. The van der Waals surface area contributed by atoms with Crippen LogP contribution >= 0.6 is 0 Å². The van der Waals surface area contributed by atoms with Crippen LogP contribution in [0.1, 0.15) is 11.4 Å². The van der Waals surface area contributed by atoms with Crippen LogP contribution in [0.3, 0.4) is 0 Å². The van der Waals surface area contributed by atoms with Crippen LogP contribution in [0.4, 0.5) is 0 Å². The molecule has 3 aromatic rings. The van der Waals surface area contributed by atoms with Crippen molar-refractivity contribution in [2.24, 2.45) is 0 Å². The van der Waals surface area contributed by atoms with E-state index in [1.807, 2.05) is 36.4 Å². The van der Waals surface area contributed by atoms with Gasteiger partial charge in [-0.1, -0.05) is 40.7 Å². The van der Waals surface area contributed by atoms with Crippen molar-refractivity contribution in [3.05, 3.63) is 54.0 Å². The highest BCUT2D eigenvalue weighted by molar-refractivity contribution is 5.56. The monoisotopic (exact) mass is 256 g/mol. The number of aromatic nitrogens is 4. The molecule has 0 saturated carbocycles. The van der Waals surface area contributed by atoms with E-state index in [4.69, 9.17) is 9.63 Å². The first-order valence-electron chi connectivity index (χ1n) is 5.86. The average Bonchev–Trinajstić information content (AvgIpc) is 3.09. The van der Waals surface area contributed by atoms with Gasteiger partial charge in [-0.2, -0.15) is 0 Å². The summed E-state index contributed by atoms with van der Waals surface area (Å²) in [5.41, 5.74) is 2.27. The van der Waals surface area contributed by atoms with Gasteiger partial charge in [0.15, 0.2) is 5.76 Å². The van der Waals surface area contributed by atoms with Crippen LogP contribution < -0.4 is 0 Å². The average molecular weight is 256 g/mol. The Kier molecular flexibility index (Phi) is 3.07. The third kappa shape index (κ3) is 2.53. The molecule has 3 rings (SSSR count).